The highest BCUT2D eigenvalue weighted by Crippen LogP contribution is 2.28. The molecule has 0 saturated heterocycles. The number of amides is 1. The van der Waals surface area contributed by atoms with Crippen LogP contribution in [0.15, 0.2) is 48.7 Å². The zero-order valence-corrected chi connectivity index (χ0v) is 12.3. The molecule has 1 heterocycles. The minimum Gasteiger partial charge on any atom is -0.505 e. The van der Waals surface area contributed by atoms with Crippen LogP contribution in [0.4, 0.5) is 5.69 Å². The van der Waals surface area contributed by atoms with E-state index in [4.69, 9.17) is 10.5 Å². The second kappa shape index (κ2) is 6.07. The van der Waals surface area contributed by atoms with Crippen LogP contribution in [0.2, 0.25) is 0 Å². The number of carbonyl (C=O) groups is 1. The molecule has 2 aromatic carbocycles. The molecule has 6 heteroatoms. The van der Waals surface area contributed by atoms with E-state index in [1.165, 1.54) is 30.5 Å². The molecular formula is C18H10N4O2. The third-order valence-electron chi connectivity index (χ3n) is 3.51. The van der Waals surface area contributed by atoms with E-state index in [1.807, 2.05) is 12.1 Å². The maximum absolute atomic E-state index is 12.5. The fraction of sp³-hybridized carbons (Fsp3) is 0. The van der Waals surface area contributed by atoms with Crippen molar-refractivity contribution in [2.24, 2.45) is 0 Å². The Morgan fingerprint density at radius 3 is 2.71 bits per heavy atom. The SMILES string of the molecule is N#Cc1ccc(C#N)c(NC(=O)c2ccc3cccnc3c2O)c1. The molecule has 0 saturated carbocycles. The summed E-state index contributed by atoms with van der Waals surface area (Å²) in [5, 5.41) is 31.6. The van der Waals surface area contributed by atoms with Crippen LogP contribution in [0, 0.1) is 22.7 Å². The molecule has 24 heavy (non-hydrogen) atoms. The Balaban J connectivity index is 2.01. The van der Waals surface area contributed by atoms with E-state index in [-0.39, 0.29) is 22.6 Å². The van der Waals surface area contributed by atoms with Gasteiger partial charge in [-0.05, 0) is 30.3 Å². The number of nitriles is 2. The predicted molar refractivity (Wildman–Crippen MR) is 87.2 cm³/mol. The number of carbonyl (C=O) groups excluding carboxylic acids is 1. The fourth-order valence-electron chi connectivity index (χ4n) is 2.32. The van der Waals surface area contributed by atoms with Gasteiger partial charge in [0.25, 0.3) is 5.91 Å². The molecule has 3 rings (SSSR count). The highest BCUT2D eigenvalue weighted by atomic mass is 16.3. The summed E-state index contributed by atoms with van der Waals surface area (Å²) in [6, 6.07) is 14.9. The molecular weight excluding hydrogens is 304 g/mol. The first-order valence-electron chi connectivity index (χ1n) is 6.96. The zero-order chi connectivity index (χ0) is 17.1. The molecule has 0 spiro atoms. The lowest BCUT2D eigenvalue weighted by molar-refractivity contribution is 0.102. The van der Waals surface area contributed by atoms with Gasteiger partial charge in [-0.25, -0.2) is 0 Å². The van der Waals surface area contributed by atoms with Gasteiger partial charge < -0.3 is 10.4 Å². The maximum Gasteiger partial charge on any atom is 0.259 e. The maximum atomic E-state index is 12.5. The van der Waals surface area contributed by atoms with E-state index in [2.05, 4.69) is 10.3 Å². The van der Waals surface area contributed by atoms with Crippen LogP contribution in [0.5, 0.6) is 5.75 Å². The van der Waals surface area contributed by atoms with Crippen molar-refractivity contribution in [1.29, 1.82) is 10.5 Å². The molecule has 0 unspecified atom stereocenters. The lowest BCUT2D eigenvalue weighted by atomic mass is 10.1. The average Bonchev–Trinajstić information content (AvgIpc) is 2.62. The third kappa shape index (κ3) is 2.60. The van der Waals surface area contributed by atoms with Crippen molar-refractivity contribution in [3.05, 3.63) is 65.4 Å². The van der Waals surface area contributed by atoms with E-state index >= 15 is 0 Å². The Morgan fingerprint density at radius 1 is 1.12 bits per heavy atom. The molecule has 1 amide bonds. The van der Waals surface area contributed by atoms with Crippen molar-refractivity contribution in [2.75, 3.05) is 5.32 Å². The van der Waals surface area contributed by atoms with Crippen LogP contribution < -0.4 is 5.32 Å². The number of nitrogens with zero attached hydrogens (tertiary/aromatic N) is 3. The first kappa shape index (κ1) is 15.0. The summed E-state index contributed by atoms with van der Waals surface area (Å²) < 4.78 is 0. The Bertz CT molecular complexity index is 1050. The summed E-state index contributed by atoms with van der Waals surface area (Å²) in [6.45, 7) is 0. The van der Waals surface area contributed by atoms with Crippen LogP contribution in [0.1, 0.15) is 21.5 Å². The lowest BCUT2D eigenvalue weighted by Gasteiger charge is -2.10. The largest absolute Gasteiger partial charge is 0.505 e. The number of benzene rings is 2. The Labute approximate surface area is 137 Å². The second-order valence-corrected chi connectivity index (χ2v) is 4.97. The van der Waals surface area contributed by atoms with E-state index in [0.717, 1.165) is 0 Å². The Hall–Kier alpha value is -3.90. The number of hydrogen-bond donors (Lipinski definition) is 2. The molecule has 2 N–H and O–H groups in total. The normalized spacial score (nSPS) is 9.92. The van der Waals surface area contributed by atoms with E-state index in [0.29, 0.717) is 16.5 Å². The van der Waals surface area contributed by atoms with E-state index in [9.17, 15) is 9.90 Å². The highest BCUT2D eigenvalue weighted by molar-refractivity contribution is 6.09. The van der Waals surface area contributed by atoms with Gasteiger partial charge in [0.15, 0.2) is 5.75 Å². The second-order valence-electron chi connectivity index (χ2n) is 4.97. The molecule has 0 fully saturated rings. The average molecular weight is 314 g/mol. The summed E-state index contributed by atoms with van der Waals surface area (Å²) in [7, 11) is 0. The van der Waals surface area contributed by atoms with Gasteiger partial charge >= 0.3 is 0 Å². The number of aromatic hydroxyl groups is 1. The third-order valence-corrected chi connectivity index (χ3v) is 3.51. The molecule has 0 bridgehead atoms. The summed E-state index contributed by atoms with van der Waals surface area (Å²) in [5.41, 5.74) is 1.10. The minimum atomic E-state index is -0.591. The fourth-order valence-corrected chi connectivity index (χ4v) is 2.32. The predicted octanol–water partition coefficient (Wildman–Crippen LogP) is 2.94. The van der Waals surface area contributed by atoms with Crippen LogP contribution in [0.3, 0.4) is 0 Å². The minimum absolute atomic E-state index is 0.0347. The molecule has 3 aromatic rings. The van der Waals surface area contributed by atoms with Crippen LogP contribution in [-0.2, 0) is 0 Å². The van der Waals surface area contributed by atoms with E-state index < -0.39 is 5.91 Å². The number of fused-ring (bicyclic) bond motifs is 1. The van der Waals surface area contributed by atoms with Gasteiger partial charge in [0, 0.05) is 11.6 Å². The summed E-state index contributed by atoms with van der Waals surface area (Å²) in [5.74, 6) is -0.827. The Morgan fingerprint density at radius 2 is 1.96 bits per heavy atom. The first-order valence-corrected chi connectivity index (χ1v) is 6.96. The lowest BCUT2D eigenvalue weighted by Crippen LogP contribution is -2.13. The molecule has 0 aliphatic rings. The number of phenols is 1. The Kier molecular flexibility index (Phi) is 3.80. The van der Waals surface area contributed by atoms with E-state index in [1.54, 1.807) is 18.2 Å². The van der Waals surface area contributed by atoms with Crippen LogP contribution >= 0.6 is 0 Å². The van der Waals surface area contributed by atoms with Gasteiger partial charge in [0.1, 0.15) is 11.6 Å². The van der Waals surface area contributed by atoms with Crippen molar-refractivity contribution >= 4 is 22.5 Å². The van der Waals surface area contributed by atoms with Crippen molar-refractivity contribution < 1.29 is 9.90 Å². The quantitative estimate of drug-likeness (QED) is 0.755. The van der Waals surface area contributed by atoms with Crippen LogP contribution in [-0.4, -0.2) is 16.0 Å². The number of hydrogen-bond acceptors (Lipinski definition) is 5. The molecule has 1 aromatic heterocycles. The number of aromatic nitrogens is 1. The summed E-state index contributed by atoms with van der Waals surface area (Å²) in [4.78, 5) is 16.5. The van der Waals surface area contributed by atoms with Crippen molar-refractivity contribution in [3.8, 4) is 17.9 Å². The number of rotatable bonds is 2. The van der Waals surface area contributed by atoms with Crippen molar-refractivity contribution in [2.45, 2.75) is 0 Å². The standard InChI is InChI=1S/C18H10N4O2/c19-9-11-3-4-13(10-20)15(8-11)22-18(24)14-6-5-12-2-1-7-21-16(12)17(14)23/h1-8,23H,(H,22,24). The van der Waals surface area contributed by atoms with Gasteiger partial charge in [0.2, 0.25) is 0 Å². The molecule has 6 nitrogen and oxygen atoms in total. The van der Waals surface area contributed by atoms with Gasteiger partial charge in [-0.1, -0.05) is 12.1 Å². The first-order chi connectivity index (χ1) is 11.6. The van der Waals surface area contributed by atoms with Gasteiger partial charge in [0.05, 0.1) is 28.4 Å². The number of phenolic OH excluding ortho intramolecular Hbond substituents is 1. The number of anilines is 1. The molecule has 0 radical (unpaired) electrons. The van der Waals surface area contributed by atoms with Gasteiger partial charge in [-0.3, -0.25) is 9.78 Å². The zero-order valence-electron chi connectivity index (χ0n) is 12.3. The number of nitrogens with one attached hydrogen (secondary N) is 1. The molecule has 114 valence electrons. The molecule has 0 aliphatic heterocycles. The smallest absolute Gasteiger partial charge is 0.259 e. The molecule has 0 aliphatic carbocycles. The molecule has 0 atom stereocenters. The summed E-state index contributed by atoms with van der Waals surface area (Å²) in [6.07, 6.45) is 1.52. The highest BCUT2D eigenvalue weighted by Gasteiger charge is 2.16. The van der Waals surface area contributed by atoms with Crippen LogP contribution in [0.25, 0.3) is 10.9 Å². The van der Waals surface area contributed by atoms with Gasteiger partial charge in [-0.2, -0.15) is 10.5 Å². The van der Waals surface area contributed by atoms with Crippen molar-refractivity contribution in [1.82, 2.24) is 4.98 Å². The van der Waals surface area contributed by atoms with Gasteiger partial charge in [-0.15, -0.1) is 0 Å². The number of pyridine rings is 1. The van der Waals surface area contributed by atoms with Crippen molar-refractivity contribution in [3.63, 3.8) is 0 Å². The summed E-state index contributed by atoms with van der Waals surface area (Å²) >= 11 is 0. The topological polar surface area (TPSA) is 110 Å². The monoisotopic (exact) mass is 314 g/mol.